The van der Waals surface area contributed by atoms with Gasteiger partial charge in [-0.1, -0.05) is 200 Å². The minimum absolute atomic E-state index is 0.714. The Kier molecular flexibility index (Phi) is 8.55. The fraction of sp³-hybridized carbons (Fsp3) is 0. The van der Waals surface area contributed by atoms with E-state index >= 15 is 0 Å². The summed E-state index contributed by atoms with van der Waals surface area (Å²) >= 11 is 0. The summed E-state index contributed by atoms with van der Waals surface area (Å²) in [7, 11) is 0. The molecule has 9 aromatic carbocycles. The van der Waals surface area contributed by atoms with Gasteiger partial charge in [-0.25, -0.2) is 9.97 Å². The second kappa shape index (κ2) is 14.4. The minimum Gasteiger partial charge on any atom is -0.228 e. The summed E-state index contributed by atoms with van der Waals surface area (Å²) < 4.78 is 0. The number of rotatable bonds is 7. The summed E-state index contributed by atoms with van der Waals surface area (Å²) in [5.41, 5.74) is 15.9. The number of hydrogen-bond donors (Lipinski definition) is 0. The molecule has 0 radical (unpaired) electrons. The molecular weight excluding hydrogens is 677 g/mol. The lowest BCUT2D eigenvalue weighted by molar-refractivity contribution is 1.23. The second-order valence-electron chi connectivity index (χ2n) is 14.2. The maximum atomic E-state index is 5.28. The highest BCUT2D eigenvalue weighted by Crippen LogP contribution is 2.36. The monoisotopic (exact) mass is 712 g/mol. The molecule has 262 valence electrons. The van der Waals surface area contributed by atoms with E-state index in [0.717, 1.165) is 44.2 Å². The van der Waals surface area contributed by atoms with Gasteiger partial charge in [-0.3, -0.25) is 0 Å². The van der Waals surface area contributed by atoms with Gasteiger partial charge in [0.25, 0.3) is 0 Å². The van der Waals surface area contributed by atoms with Crippen LogP contribution in [0.5, 0.6) is 0 Å². The SMILES string of the molecule is c1ccc(-c2ccc(-c3nc(-c4ccc(-c5ccc(-c6cccc(-c7cccc(-c8ccccc8)c7)c6)cc5)cc4)nc4ccc5ccccc5c34)cc2)cc1. The van der Waals surface area contributed by atoms with Crippen LogP contribution >= 0.6 is 0 Å². The largest absolute Gasteiger partial charge is 0.228 e. The van der Waals surface area contributed by atoms with Gasteiger partial charge in [-0.15, -0.1) is 0 Å². The van der Waals surface area contributed by atoms with E-state index in [0.29, 0.717) is 5.82 Å². The summed E-state index contributed by atoms with van der Waals surface area (Å²) in [5, 5.41) is 3.40. The number of benzene rings is 9. The smallest absolute Gasteiger partial charge is 0.160 e. The summed E-state index contributed by atoms with van der Waals surface area (Å²) in [6.07, 6.45) is 0. The highest BCUT2D eigenvalue weighted by molar-refractivity contribution is 6.12. The lowest BCUT2D eigenvalue weighted by Crippen LogP contribution is -1.96. The van der Waals surface area contributed by atoms with Crippen LogP contribution in [-0.2, 0) is 0 Å². The third-order valence-corrected chi connectivity index (χ3v) is 10.7. The number of aromatic nitrogens is 2. The van der Waals surface area contributed by atoms with Gasteiger partial charge in [0.1, 0.15) is 0 Å². The molecule has 10 aromatic rings. The Morgan fingerprint density at radius 1 is 0.250 bits per heavy atom. The molecule has 0 aliphatic carbocycles. The first-order valence-corrected chi connectivity index (χ1v) is 19.1. The van der Waals surface area contributed by atoms with Crippen LogP contribution in [0.2, 0.25) is 0 Å². The van der Waals surface area contributed by atoms with Crippen molar-refractivity contribution in [3.8, 4) is 78.3 Å². The molecule has 10 rings (SSSR count). The maximum Gasteiger partial charge on any atom is 0.160 e. The van der Waals surface area contributed by atoms with E-state index in [-0.39, 0.29) is 0 Å². The van der Waals surface area contributed by atoms with Crippen molar-refractivity contribution < 1.29 is 0 Å². The van der Waals surface area contributed by atoms with Crippen LogP contribution in [-0.4, -0.2) is 9.97 Å². The lowest BCUT2D eigenvalue weighted by Gasteiger charge is -2.13. The summed E-state index contributed by atoms with van der Waals surface area (Å²) in [6.45, 7) is 0. The highest BCUT2D eigenvalue weighted by Gasteiger charge is 2.15. The molecule has 2 heteroatoms. The number of fused-ring (bicyclic) bond motifs is 3. The van der Waals surface area contributed by atoms with Crippen molar-refractivity contribution in [2.75, 3.05) is 0 Å². The maximum absolute atomic E-state index is 5.28. The zero-order valence-corrected chi connectivity index (χ0v) is 30.7. The molecule has 0 N–H and O–H groups in total. The van der Waals surface area contributed by atoms with Crippen molar-refractivity contribution in [1.82, 2.24) is 9.97 Å². The fourth-order valence-electron chi connectivity index (χ4n) is 7.75. The number of nitrogens with zero attached hydrogens (tertiary/aromatic N) is 2. The van der Waals surface area contributed by atoms with Crippen LogP contribution < -0.4 is 0 Å². The first-order valence-electron chi connectivity index (χ1n) is 19.1. The first kappa shape index (κ1) is 33.2. The van der Waals surface area contributed by atoms with Crippen molar-refractivity contribution in [2.24, 2.45) is 0 Å². The van der Waals surface area contributed by atoms with Gasteiger partial charge in [-0.2, -0.15) is 0 Å². The average Bonchev–Trinajstić information content (AvgIpc) is 3.29. The lowest BCUT2D eigenvalue weighted by atomic mass is 9.95. The van der Waals surface area contributed by atoms with Crippen molar-refractivity contribution in [2.45, 2.75) is 0 Å². The molecule has 0 unspecified atom stereocenters. The Morgan fingerprint density at radius 3 is 1.20 bits per heavy atom. The molecule has 0 saturated heterocycles. The first-order chi connectivity index (χ1) is 27.7. The third-order valence-electron chi connectivity index (χ3n) is 10.7. The van der Waals surface area contributed by atoms with E-state index in [2.05, 4.69) is 212 Å². The molecule has 2 nitrogen and oxygen atoms in total. The predicted molar refractivity (Wildman–Crippen MR) is 235 cm³/mol. The summed E-state index contributed by atoms with van der Waals surface area (Å²) in [4.78, 5) is 10.4. The minimum atomic E-state index is 0.714. The number of hydrogen-bond acceptors (Lipinski definition) is 2. The molecule has 0 aliphatic rings. The molecule has 0 spiro atoms. The van der Waals surface area contributed by atoms with Crippen molar-refractivity contribution in [1.29, 1.82) is 0 Å². The van der Waals surface area contributed by atoms with E-state index in [9.17, 15) is 0 Å². The molecule has 0 fully saturated rings. The van der Waals surface area contributed by atoms with E-state index in [4.69, 9.17) is 9.97 Å². The van der Waals surface area contributed by atoms with Gasteiger partial charge in [0.2, 0.25) is 0 Å². The van der Waals surface area contributed by atoms with Crippen LogP contribution in [0, 0.1) is 0 Å². The molecule has 0 atom stereocenters. The van der Waals surface area contributed by atoms with Gasteiger partial charge in [0.05, 0.1) is 11.2 Å². The van der Waals surface area contributed by atoms with Crippen molar-refractivity contribution in [3.05, 3.63) is 218 Å². The third kappa shape index (κ3) is 6.44. The van der Waals surface area contributed by atoms with Crippen molar-refractivity contribution >= 4 is 21.7 Å². The van der Waals surface area contributed by atoms with Crippen LogP contribution in [0.25, 0.3) is 100.0 Å². The van der Waals surface area contributed by atoms with Crippen LogP contribution in [0.3, 0.4) is 0 Å². The van der Waals surface area contributed by atoms with Crippen LogP contribution in [0.15, 0.2) is 218 Å². The molecule has 0 saturated carbocycles. The molecule has 1 heterocycles. The van der Waals surface area contributed by atoms with Gasteiger partial charge >= 0.3 is 0 Å². The molecule has 56 heavy (non-hydrogen) atoms. The Balaban J connectivity index is 0.948. The molecule has 0 bridgehead atoms. The van der Waals surface area contributed by atoms with Gasteiger partial charge in [0, 0.05) is 16.5 Å². The van der Waals surface area contributed by atoms with Gasteiger partial charge in [0.15, 0.2) is 5.82 Å². The fourth-order valence-corrected chi connectivity index (χ4v) is 7.75. The van der Waals surface area contributed by atoms with Crippen molar-refractivity contribution in [3.63, 3.8) is 0 Å². The molecule has 0 amide bonds. The summed E-state index contributed by atoms with van der Waals surface area (Å²) in [6, 6.07) is 77.6. The van der Waals surface area contributed by atoms with Crippen LogP contribution in [0.4, 0.5) is 0 Å². The second-order valence-corrected chi connectivity index (χ2v) is 14.2. The van der Waals surface area contributed by atoms with E-state index < -0.39 is 0 Å². The Bertz CT molecular complexity index is 2970. The zero-order valence-electron chi connectivity index (χ0n) is 30.7. The van der Waals surface area contributed by atoms with Crippen LogP contribution in [0.1, 0.15) is 0 Å². The quantitative estimate of drug-likeness (QED) is 0.154. The predicted octanol–water partition coefficient (Wildman–Crippen LogP) is 14.5. The standard InChI is InChI=1S/C54H36N2/c1-3-11-37(12-4-1)39-25-29-44(30-26-39)53-52-50-20-8-7-15-43(50)33-34-51(52)55-54(56-53)45-31-27-41(28-32-45)40-21-23-42(24-22-40)47-17-10-19-49(36-47)48-18-9-16-46(35-48)38-13-5-2-6-14-38/h1-36H. The molecular formula is C54H36N2. The normalized spacial score (nSPS) is 11.2. The Labute approximate surface area is 327 Å². The molecule has 1 aromatic heterocycles. The highest BCUT2D eigenvalue weighted by atomic mass is 14.9. The summed E-state index contributed by atoms with van der Waals surface area (Å²) in [5.74, 6) is 0.714. The van der Waals surface area contributed by atoms with E-state index in [1.165, 1.54) is 49.9 Å². The molecule has 0 aliphatic heterocycles. The van der Waals surface area contributed by atoms with E-state index in [1.54, 1.807) is 0 Å². The van der Waals surface area contributed by atoms with Gasteiger partial charge in [-0.05, 0) is 84.6 Å². The Morgan fingerprint density at radius 2 is 0.643 bits per heavy atom. The van der Waals surface area contributed by atoms with Gasteiger partial charge < -0.3 is 0 Å². The topological polar surface area (TPSA) is 25.8 Å². The average molecular weight is 713 g/mol. The Hall–Kier alpha value is -7.42. The van der Waals surface area contributed by atoms with E-state index in [1.807, 2.05) is 6.07 Å². The zero-order chi connectivity index (χ0) is 37.3.